The normalized spacial score (nSPS) is 26.6. The SMILES string of the molecule is CC(C)[Si](OC1CC(O)C1)(C(C)C)C(C)C. The van der Waals surface area contributed by atoms with E-state index in [1.165, 1.54) is 0 Å². The van der Waals surface area contributed by atoms with Crippen LogP contribution >= 0.6 is 0 Å². The van der Waals surface area contributed by atoms with Crippen LogP contribution in [-0.2, 0) is 4.43 Å². The van der Waals surface area contributed by atoms with Crippen molar-refractivity contribution in [3.8, 4) is 0 Å². The molecule has 96 valence electrons. The third kappa shape index (κ3) is 2.52. The predicted octanol–water partition coefficient (Wildman–Crippen LogP) is 3.70. The molecule has 0 aromatic rings. The predicted molar refractivity (Wildman–Crippen MR) is 71.2 cm³/mol. The molecule has 0 aromatic heterocycles. The Labute approximate surface area is 102 Å². The molecule has 0 unspecified atom stereocenters. The first-order valence-corrected chi connectivity index (χ1v) is 8.80. The minimum absolute atomic E-state index is 0.108. The molecule has 0 heterocycles. The van der Waals surface area contributed by atoms with Crippen molar-refractivity contribution in [3.63, 3.8) is 0 Å². The molecule has 3 heteroatoms. The van der Waals surface area contributed by atoms with Gasteiger partial charge >= 0.3 is 0 Å². The molecular weight excluding hydrogens is 216 g/mol. The van der Waals surface area contributed by atoms with Crippen LogP contribution in [0, 0.1) is 0 Å². The Bertz CT molecular complexity index is 198. The third-order valence-electron chi connectivity index (χ3n) is 4.15. The highest BCUT2D eigenvalue weighted by Gasteiger charge is 2.48. The molecular formula is C13H28O2Si. The average molecular weight is 244 g/mol. The van der Waals surface area contributed by atoms with Crippen molar-refractivity contribution in [2.24, 2.45) is 0 Å². The van der Waals surface area contributed by atoms with E-state index in [-0.39, 0.29) is 6.10 Å². The van der Waals surface area contributed by atoms with E-state index in [0.29, 0.717) is 22.7 Å². The molecule has 0 aliphatic heterocycles. The highest BCUT2D eigenvalue weighted by Crippen LogP contribution is 2.45. The van der Waals surface area contributed by atoms with Crippen molar-refractivity contribution in [2.75, 3.05) is 0 Å². The molecule has 0 bridgehead atoms. The molecule has 0 amide bonds. The number of hydrogen-bond donors (Lipinski definition) is 1. The van der Waals surface area contributed by atoms with Crippen molar-refractivity contribution in [1.82, 2.24) is 0 Å². The summed E-state index contributed by atoms with van der Waals surface area (Å²) in [4.78, 5) is 0. The summed E-state index contributed by atoms with van der Waals surface area (Å²) in [6, 6.07) is 0. The van der Waals surface area contributed by atoms with Gasteiger partial charge in [-0.1, -0.05) is 41.5 Å². The lowest BCUT2D eigenvalue weighted by atomic mass is 9.93. The van der Waals surface area contributed by atoms with Gasteiger partial charge in [-0.3, -0.25) is 0 Å². The maximum Gasteiger partial charge on any atom is 0.200 e. The Kier molecular flexibility index (Phi) is 4.61. The van der Waals surface area contributed by atoms with E-state index >= 15 is 0 Å². The summed E-state index contributed by atoms with van der Waals surface area (Å²) < 4.78 is 6.51. The number of aliphatic hydroxyl groups is 1. The van der Waals surface area contributed by atoms with E-state index in [9.17, 15) is 5.11 Å². The number of aliphatic hydroxyl groups excluding tert-OH is 1. The second-order valence-corrected chi connectivity index (χ2v) is 11.6. The van der Waals surface area contributed by atoms with Gasteiger partial charge in [0.15, 0.2) is 0 Å². The Morgan fingerprint density at radius 3 is 1.56 bits per heavy atom. The van der Waals surface area contributed by atoms with Crippen LogP contribution in [-0.4, -0.2) is 25.6 Å². The van der Waals surface area contributed by atoms with E-state index in [1.54, 1.807) is 0 Å². The molecule has 1 fully saturated rings. The van der Waals surface area contributed by atoms with Gasteiger partial charge in [0.1, 0.15) is 0 Å². The van der Waals surface area contributed by atoms with Crippen LogP contribution in [0.1, 0.15) is 54.4 Å². The molecule has 1 N–H and O–H groups in total. The fourth-order valence-electron chi connectivity index (χ4n) is 3.33. The van der Waals surface area contributed by atoms with Crippen LogP contribution in [0.25, 0.3) is 0 Å². The van der Waals surface area contributed by atoms with Crippen molar-refractivity contribution < 1.29 is 9.53 Å². The zero-order valence-corrected chi connectivity index (χ0v) is 12.7. The molecule has 0 saturated heterocycles. The van der Waals surface area contributed by atoms with Gasteiger partial charge in [-0.05, 0) is 29.5 Å². The molecule has 1 rings (SSSR count). The molecule has 0 atom stereocenters. The van der Waals surface area contributed by atoms with Gasteiger partial charge in [0.25, 0.3) is 0 Å². The van der Waals surface area contributed by atoms with E-state index in [4.69, 9.17) is 4.43 Å². The summed E-state index contributed by atoms with van der Waals surface area (Å²) in [5, 5.41) is 9.37. The van der Waals surface area contributed by atoms with E-state index in [1.807, 2.05) is 0 Å². The molecule has 1 aliphatic carbocycles. The lowest BCUT2D eigenvalue weighted by Gasteiger charge is -2.47. The topological polar surface area (TPSA) is 29.5 Å². The monoisotopic (exact) mass is 244 g/mol. The smallest absolute Gasteiger partial charge is 0.200 e. The zero-order chi connectivity index (χ0) is 12.5. The Balaban J connectivity index is 2.76. The van der Waals surface area contributed by atoms with Gasteiger partial charge in [-0.15, -0.1) is 0 Å². The Morgan fingerprint density at radius 2 is 1.31 bits per heavy atom. The van der Waals surface area contributed by atoms with E-state index < -0.39 is 8.32 Å². The second kappa shape index (κ2) is 5.19. The highest BCUT2D eigenvalue weighted by atomic mass is 28.4. The fourth-order valence-corrected chi connectivity index (χ4v) is 8.92. The first kappa shape index (κ1) is 14.2. The minimum atomic E-state index is -1.70. The van der Waals surface area contributed by atoms with Crippen LogP contribution in [0.15, 0.2) is 0 Å². The summed E-state index contributed by atoms with van der Waals surface area (Å²) in [5.41, 5.74) is 1.93. The average Bonchev–Trinajstić information content (AvgIpc) is 2.08. The first-order valence-electron chi connectivity index (χ1n) is 6.66. The number of rotatable bonds is 5. The van der Waals surface area contributed by atoms with Crippen molar-refractivity contribution >= 4 is 8.32 Å². The minimum Gasteiger partial charge on any atom is -0.413 e. The second-order valence-electron chi connectivity index (χ2n) is 6.18. The molecule has 1 aliphatic rings. The fraction of sp³-hybridized carbons (Fsp3) is 1.00. The molecule has 0 aromatic carbocycles. The van der Waals surface area contributed by atoms with Crippen molar-refractivity contribution in [2.45, 2.75) is 83.2 Å². The maximum absolute atomic E-state index is 9.37. The molecule has 1 saturated carbocycles. The van der Waals surface area contributed by atoms with Gasteiger partial charge in [0.2, 0.25) is 8.32 Å². The van der Waals surface area contributed by atoms with Crippen LogP contribution in [0.3, 0.4) is 0 Å². The van der Waals surface area contributed by atoms with Crippen LogP contribution in [0.4, 0.5) is 0 Å². The van der Waals surface area contributed by atoms with Gasteiger partial charge in [-0.2, -0.15) is 0 Å². The Hall–Kier alpha value is 0.137. The van der Waals surface area contributed by atoms with Gasteiger partial charge in [0, 0.05) is 0 Å². The van der Waals surface area contributed by atoms with Gasteiger partial charge in [-0.25, -0.2) is 0 Å². The van der Waals surface area contributed by atoms with Crippen LogP contribution in [0.2, 0.25) is 16.6 Å². The van der Waals surface area contributed by atoms with Crippen molar-refractivity contribution in [3.05, 3.63) is 0 Å². The van der Waals surface area contributed by atoms with E-state index in [2.05, 4.69) is 41.5 Å². The lowest BCUT2D eigenvalue weighted by Crippen LogP contribution is -2.53. The van der Waals surface area contributed by atoms with E-state index in [0.717, 1.165) is 12.8 Å². The standard InChI is InChI=1S/C13H28O2Si/c1-9(2)16(10(3)4,11(5)6)15-13-7-12(14)8-13/h9-14H,7-8H2,1-6H3. The van der Waals surface area contributed by atoms with Crippen LogP contribution in [0.5, 0.6) is 0 Å². The summed E-state index contributed by atoms with van der Waals surface area (Å²) in [6.07, 6.45) is 1.92. The zero-order valence-electron chi connectivity index (χ0n) is 11.7. The van der Waals surface area contributed by atoms with Gasteiger partial charge in [0.05, 0.1) is 12.2 Å². The summed E-state index contributed by atoms with van der Waals surface area (Å²) in [5.74, 6) is 0. The molecule has 0 radical (unpaired) electrons. The quantitative estimate of drug-likeness (QED) is 0.747. The summed E-state index contributed by atoms with van der Waals surface area (Å²) in [6.45, 7) is 13.8. The lowest BCUT2D eigenvalue weighted by molar-refractivity contribution is -0.0197. The summed E-state index contributed by atoms with van der Waals surface area (Å²) >= 11 is 0. The summed E-state index contributed by atoms with van der Waals surface area (Å²) in [7, 11) is -1.70. The molecule has 2 nitrogen and oxygen atoms in total. The van der Waals surface area contributed by atoms with Gasteiger partial charge < -0.3 is 9.53 Å². The Morgan fingerprint density at radius 1 is 0.938 bits per heavy atom. The molecule has 0 spiro atoms. The van der Waals surface area contributed by atoms with Crippen LogP contribution < -0.4 is 0 Å². The third-order valence-corrected chi connectivity index (χ3v) is 10.3. The largest absolute Gasteiger partial charge is 0.413 e. The molecule has 16 heavy (non-hydrogen) atoms. The number of hydrogen-bond acceptors (Lipinski definition) is 2. The maximum atomic E-state index is 9.37. The highest BCUT2D eigenvalue weighted by molar-refractivity contribution is 6.77. The van der Waals surface area contributed by atoms with Crippen molar-refractivity contribution in [1.29, 1.82) is 0 Å². The first-order chi connectivity index (χ1) is 7.30.